The van der Waals surface area contributed by atoms with Gasteiger partial charge in [-0.1, -0.05) is 23.2 Å². The number of hydrogen-bond donors (Lipinski definition) is 1. The zero-order valence-electron chi connectivity index (χ0n) is 7.81. The number of imidazole rings is 1. The van der Waals surface area contributed by atoms with Gasteiger partial charge in [-0.2, -0.15) is 0 Å². The van der Waals surface area contributed by atoms with Crippen LogP contribution < -0.4 is 0 Å². The van der Waals surface area contributed by atoms with Gasteiger partial charge < -0.3 is 4.98 Å². The molecule has 0 aliphatic rings. The van der Waals surface area contributed by atoms with E-state index in [0.717, 1.165) is 21.7 Å². The number of rotatable bonds is 1. The van der Waals surface area contributed by atoms with Gasteiger partial charge in [0.2, 0.25) is 0 Å². The highest BCUT2D eigenvalue weighted by atomic mass is 79.9. The van der Waals surface area contributed by atoms with Gasteiger partial charge in [0.05, 0.1) is 5.02 Å². The molecule has 2 nitrogen and oxygen atoms in total. The molecule has 5 heteroatoms. The van der Waals surface area contributed by atoms with Crippen molar-refractivity contribution >= 4 is 39.1 Å². The molecule has 0 aliphatic carbocycles. The normalized spacial score (nSPS) is 10.7. The van der Waals surface area contributed by atoms with Crippen LogP contribution in [0.3, 0.4) is 0 Å². The minimum atomic E-state index is 0.592. The van der Waals surface area contributed by atoms with Crippen molar-refractivity contribution < 1.29 is 0 Å². The van der Waals surface area contributed by atoms with Gasteiger partial charge in [-0.3, -0.25) is 0 Å². The first kappa shape index (κ1) is 11.0. The van der Waals surface area contributed by atoms with Gasteiger partial charge in [0.15, 0.2) is 0 Å². The first-order valence-electron chi connectivity index (χ1n) is 4.25. The van der Waals surface area contributed by atoms with Crippen molar-refractivity contribution in [1.29, 1.82) is 0 Å². The predicted octanol–water partition coefficient (Wildman–Crippen LogP) is 4.45. The van der Waals surface area contributed by atoms with Gasteiger partial charge in [0, 0.05) is 10.6 Å². The summed E-state index contributed by atoms with van der Waals surface area (Å²) in [5.74, 6) is 0.836. The van der Waals surface area contributed by atoms with E-state index in [1.165, 1.54) is 0 Å². The number of aromatic nitrogens is 2. The van der Waals surface area contributed by atoms with Gasteiger partial charge in [-0.25, -0.2) is 4.98 Å². The van der Waals surface area contributed by atoms with Gasteiger partial charge in [0.25, 0.3) is 0 Å². The Hall–Kier alpha value is -0.510. The molecule has 2 aromatic rings. The van der Waals surface area contributed by atoms with Crippen LogP contribution in [0.15, 0.2) is 22.8 Å². The minimum absolute atomic E-state index is 0.592. The highest BCUT2D eigenvalue weighted by molar-refractivity contribution is 9.10. The van der Waals surface area contributed by atoms with Gasteiger partial charge in [-0.05, 0) is 41.1 Å². The number of aryl methyl sites for hydroxylation is 1. The van der Waals surface area contributed by atoms with E-state index in [4.69, 9.17) is 23.2 Å². The molecule has 0 saturated carbocycles. The standard InChI is InChI=1S/C10H7BrCl2N2/c1-5-14-9(10(11)15-5)7-3-2-6(12)4-8(7)13/h2-4H,1H3,(H,14,15). The predicted molar refractivity (Wildman–Crippen MR) is 66.5 cm³/mol. The maximum absolute atomic E-state index is 6.09. The van der Waals surface area contributed by atoms with Crippen LogP contribution >= 0.6 is 39.1 Å². The number of halogens is 3. The van der Waals surface area contributed by atoms with Crippen LogP contribution in [-0.4, -0.2) is 9.97 Å². The van der Waals surface area contributed by atoms with Crippen molar-refractivity contribution in [3.8, 4) is 11.3 Å². The number of aromatic amines is 1. The number of benzene rings is 1. The van der Waals surface area contributed by atoms with Crippen molar-refractivity contribution in [1.82, 2.24) is 9.97 Å². The summed E-state index contributed by atoms with van der Waals surface area (Å²) < 4.78 is 0.823. The molecule has 1 aromatic carbocycles. The van der Waals surface area contributed by atoms with E-state index in [0.29, 0.717) is 10.0 Å². The van der Waals surface area contributed by atoms with E-state index in [-0.39, 0.29) is 0 Å². The zero-order valence-corrected chi connectivity index (χ0v) is 10.9. The Labute approximate surface area is 106 Å². The van der Waals surface area contributed by atoms with E-state index >= 15 is 0 Å². The number of hydrogen-bond acceptors (Lipinski definition) is 1. The fraction of sp³-hybridized carbons (Fsp3) is 0.100. The lowest BCUT2D eigenvalue weighted by atomic mass is 10.2. The molecule has 0 fully saturated rings. The van der Waals surface area contributed by atoms with Crippen LogP contribution in [0.4, 0.5) is 0 Å². The van der Waals surface area contributed by atoms with E-state index < -0.39 is 0 Å². The van der Waals surface area contributed by atoms with Crippen molar-refractivity contribution in [2.24, 2.45) is 0 Å². The highest BCUT2D eigenvalue weighted by Gasteiger charge is 2.11. The molecule has 2 rings (SSSR count). The Kier molecular flexibility index (Phi) is 3.05. The lowest BCUT2D eigenvalue weighted by Crippen LogP contribution is -1.81. The fourth-order valence-corrected chi connectivity index (χ4v) is 2.41. The first-order valence-corrected chi connectivity index (χ1v) is 5.80. The second-order valence-electron chi connectivity index (χ2n) is 3.11. The van der Waals surface area contributed by atoms with Crippen molar-refractivity contribution in [3.05, 3.63) is 38.7 Å². The fourth-order valence-electron chi connectivity index (χ4n) is 1.32. The molecule has 0 bridgehead atoms. The molecule has 1 aromatic heterocycles. The van der Waals surface area contributed by atoms with E-state index in [1.54, 1.807) is 12.1 Å². The molecule has 78 valence electrons. The smallest absolute Gasteiger partial charge is 0.110 e. The molecule has 0 saturated heterocycles. The van der Waals surface area contributed by atoms with Gasteiger partial charge in [0.1, 0.15) is 16.1 Å². The molecular weight excluding hydrogens is 299 g/mol. The summed E-state index contributed by atoms with van der Waals surface area (Å²) in [6.07, 6.45) is 0. The molecule has 0 unspecified atom stereocenters. The molecule has 0 spiro atoms. The van der Waals surface area contributed by atoms with Crippen molar-refractivity contribution in [2.75, 3.05) is 0 Å². The summed E-state index contributed by atoms with van der Waals surface area (Å²) in [5, 5.41) is 1.21. The first-order chi connectivity index (χ1) is 7.08. The quantitative estimate of drug-likeness (QED) is 0.828. The summed E-state index contributed by atoms with van der Waals surface area (Å²) in [6, 6.07) is 5.35. The molecule has 0 atom stereocenters. The largest absolute Gasteiger partial charge is 0.336 e. The Bertz CT molecular complexity index is 508. The van der Waals surface area contributed by atoms with Crippen LogP contribution in [-0.2, 0) is 0 Å². The number of nitrogens with one attached hydrogen (secondary N) is 1. The molecule has 15 heavy (non-hydrogen) atoms. The van der Waals surface area contributed by atoms with Crippen LogP contribution in [0.2, 0.25) is 10.0 Å². The summed E-state index contributed by atoms with van der Waals surface area (Å²) in [6.45, 7) is 1.89. The molecule has 0 radical (unpaired) electrons. The summed E-state index contributed by atoms with van der Waals surface area (Å²) >= 11 is 15.3. The Morgan fingerprint density at radius 1 is 1.33 bits per heavy atom. The van der Waals surface area contributed by atoms with Gasteiger partial charge >= 0.3 is 0 Å². The molecule has 0 aliphatic heterocycles. The van der Waals surface area contributed by atoms with E-state index in [9.17, 15) is 0 Å². The van der Waals surface area contributed by atoms with Crippen molar-refractivity contribution in [3.63, 3.8) is 0 Å². The second-order valence-corrected chi connectivity index (χ2v) is 4.75. The summed E-state index contributed by atoms with van der Waals surface area (Å²) in [5.41, 5.74) is 1.66. The average molecular weight is 306 g/mol. The lowest BCUT2D eigenvalue weighted by molar-refractivity contribution is 1.14. The third-order valence-corrected chi connectivity index (χ3v) is 3.09. The van der Waals surface area contributed by atoms with Crippen LogP contribution in [0.1, 0.15) is 5.82 Å². The SMILES string of the molecule is Cc1nc(-c2ccc(Cl)cc2Cl)c(Br)[nH]1. The van der Waals surface area contributed by atoms with Crippen LogP contribution in [0.25, 0.3) is 11.3 Å². The third-order valence-electron chi connectivity index (χ3n) is 1.96. The maximum atomic E-state index is 6.09. The van der Waals surface area contributed by atoms with Gasteiger partial charge in [-0.15, -0.1) is 0 Å². The second kappa shape index (κ2) is 4.16. The van der Waals surface area contributed by atoms with E-state index in [1.807, 2.05) is 13.0 Å². The van der Waals surface area contributed by atoms with Crippen LogP contribution in [0.5, 0.6) is 0 Å². The monoisotopic (exact) mass is 304 g/mol. The maximum Gasteiger partial charge on any atom is 0.110 e. The summed E-state index contributed by atoms with van der Waals surface area (Å²) in [7, 11) is 0. The zero-order chi connectivity index (χ0) is 11.0. The summed E-state index contributed by atoms with van der Waals surface area (Å²) in [4.78, 5) is 7.40. The third kappa shape index (κ3) is 2.19. The number of nitrogens with zero attached hydrogens (tertiary/aromatic N) is 1. The van der Waals surface area contributed by atoms with E-state index in [2.05, 4.69) is 25.9 Å². The van der Waals surface area contributed by atoms with Crippen LogP contribution in [0, 0.1) is 6.92 Å². The molecular formula is C10H7BrCl2N2. The average Bonchev–Trinajstić information content (AvgIpc) is 2.45. The van der Waals surface area contributed by atoms with Crippen molar-refractivity contribution in [2.45, 2.75) is 6.92 Å². The highest BCUT2D eigenvalue weighted by Crippen LogP contribution is 2.33. The Morgan fingerprint density at radius 2 is 2.07 bits per heavy atom. The Morgan fingerprint density at radius 3 is 2.60 bits per heavy atom. The minimum Gasteiger partial charge on any atom is -0.336 e. The molecule has 1 N–H and O–H groups in total. The Balaban J connectivity index is 2.59. The number of H-pyrrole nitrogens is 1. The lowest BCUT2D eigenvalue weighted by Gasteiger charge is -2.01. The molecule has 0 amide bonds. The molecule has 1 heterocycles. The topological polar surface area (TPSA) is 28.7 Å².